The molecule has 1 rings (SSSR count). The van der Waals surface area contributed by atoms with Crippen molar-refractivity contribution in [2.45, 2.75) is 32.6 Å². The van der Waals surface area contributed by atoms with Gasteiger partial charge in [0.25, 0.3) is 0 Å². The van der Waals surface area contributed by atoms with Crippen LogP contribution in [0.15, 0.2) is 4.42 Å². The van der Waals surface area contributed by atoms with Crippen LogP contribution in [0.1, 0.15) is 31.5 Å². The van der Waals surface area contributed by atoms with E-state index in [9.17, 15) is 0 Å². The number of nitrogens with one attached hydrogen (secondary N) is 1. The molecule has 13 heavy (non-hydrogen) atoms. The van der Waals surface area contributed by atoms with Gasteiger partial charge in [-0.1, -0.05) is 13.3 Å². The molecule has 1 heterocycles. The van der Waals surface area contributed by atoms with E-state index in [2.05, 4.69) is 22.4 Å². The van der Waals surface area contributed by atoms with Gasteiger partial charge in [-0.25, -0.2) is 0 Å². The van der Waals surface area contributed by atoms with Gasteiger partial charge in [0.15, 0.2) is 0 Å². The molecule has 0 saturated heterocycles. The summed E-state index contributed by atoms with van der Waals surface area (Å²) in [6, 6.07) is 0. The third-order valence-electron chi connectivity index (χ3n) is 1.84. The molecular formula is C9H17N3O. The quantitative estimate of drug-likeness (QED) is 0.719. The molecule has 0 amide bonds. The number of hydrogen-bond donors (Lipinski definition) is 1. The lowest BCUT2D eigenvalue weighted by atomic mass is 10.2. The Morgan fingerprint density at radius 1 is 1.23 bits per heavy atom. The van der Waals surface area contributed by atoms with E-state index in [0.29, 0.717) is 0 Å². The average Bonchev–Trinajstić information content (AvgIpc) is 2.59. The van der Waals surface area contributed by atoms with Gasteiger partial charge in [0, 0.05) is 19.4 Å². The van der Waals surface area contributed by atoms with E-state index in [-0.39, 0.29) is 0 Å². The van der Waals surface area contributed by atoms with Gasteiger partial charge in [-0.15, -0.1) is 10.2 Å². The third kappa shape index (κ3) is 3.55. The van der Waals surface area contributed by atoms with Gasteiger partial charge in [0.05, 0.1) is 0 Å². The Labute approximate surface area is 78.7 Å². The summed E-state index contributed by atoms with van der Waals surface area (Å²) < 4.78 is 5.43. The first-order valence-electron chi connectivity index (χ1n) is 4.82. The molecule has 0 spiro atoms. The van der Waals surface area contributed by atoms with Crippen molar-refractivity contribution in [3.05, 3.63) is 11.8 Å². The number of aromatic nitrogens is 2. The van der Waals surface area contributed by atoms with Crippen LogP contribution in [0.25, 0.3) is 0 Å². The SMILES string of the molecule is CCCCc1nnc(CCNC)o1. The highest BCUT2D eigenvalue weighted by Gasteiger charge is 2.03. The summed E-state index contributed by atoms with van der Waals surface area (Å²) in [4.78, 5) is 0. The minimum Gasteiger partial charge on any atom is -0.425 e. The fraction of sp³-hybridized carbons (Fsp3) is 0.778. The smallest absolute Gasteiger partial charge is 0.217 e. The highest BCUT2D eigenvalue weighted by Crippen LogP contribution is 2.04. The number of aryl methyl sites for hydroxylation is 1. The van der Waals surface area contributed by atoms with E-state index in [1.54, 1.807) is 0 Å². The first-order chi connectivity index (χ1) is 6.36. The fourth-order valence-electron chi connectivity index (χ4n) is 1.05. The Hall–Kier alpha value is -0.900. The number of likely N-dealkylation sites (N-methyl/N-ethyl adjacent to an activating group) is 1. The molecule has 1 aromatic heterocycles. The molecule has 0 aromatic carbocycles. The lowest BCUT2D eigenvalue weighted by Crippen LogP contribution is -2.10. The molecule has 1 N–H and O–H groups in total. The maximum atomic E-state index is 5.43. The number of nitrogens with zero attached hydrogens (tertiary/aromatic N) is 2. The van der Waals surface area contributed by atoms with E-state index in [4.69, 9.17) is 4.42 Å². The summed E-state index contributed by atoms with van der Waals surface area (Å²) in [5.41, 5.74) is 0. The molecule has 4 nitrogen and oxygen atoms in total. The van der Waals surface area contributed by atoms with Gasteiger partial charge < -0.3 is 9.73 Å². The van der Waals surface area contributed by atoms with Gasteiger partial charge in [-0.2, -0.15) is 0 Å². The topological polar surface area (TPSA) is 51.0 Å². The molecule has 4 heteroatoms. The maximum absolute atomic E-state index is 5.43. The van der Waals surface area contributed by atoms with Crippen LogP contribution in [0.5, 0.6) is 0 Å². The molecule has 0 bridgehead atoms. The predicted molar refractivity (Wildman–Crippen MR) is 50.5 cm³/mol. The predicted octanol–water partition coefficient (Wildman–Crippen LogP) is 1.17. The zero-order valence-corrected chi connectivity index (χ0v) is 8.34. The molecule has 0 fully saturated rings. The average molecular weight is 183 g/mol. The Morgan fingerprint density at radius 3 is 2.54 bits per heavy atom. The lowest BCUT2D eigenvalue weighted by Gasteiger charge is -1.92. The van der Waals surface area contributed by atoms with Crippen LogP contribution >= 0.6 is 0 Å². The van der Waals surface area contributed by atoms with E-state index in [1.165, 1.54) is 0 Å². The van der Waals surface area contributed by atoms with Gasteiger partial charge in [0.1, 0.15) is 0 Å². The summed E-state index contributed by atoms with van der Waals surface area (Å²) in [6.07, 6.45) is 4.00. The second-order valence-corrected chi connectivity index (χ2v) is 3.05. The number of rotatable bonds is 6. The second kappa shape index (κ2) is 5.70. The standard InChI is InChI=1S/C9H17N3O/c1-3-4-5-8-11-12-9(13-8)6-7-10-2/h10H,3-7H2,1-2H3. The summed E-state index contributed by atoms with van der Waals surface area (Å²) in [5, 5.41) is 11.0. The molecule has 0 atom stereocenters. The summed E-state index contributed by atoms with van der Waals surface area (Å²) in [6.45, 7) is 3.04. The monoisotopic (exact) mass is 183 g/mol. The van der Waals surface area contributed by atoms with E-state index in [0.717, 1.165) is 44.0 Å². The first kappa shape index (κ1) is 10.2. The fourth-order valence-corrected chi connectivity index (χ4v) is 1.05. The Bertz CT molecular complexity index is 212. The van der Waals surface area contributed by atoms with Crippen molar-refractivity contribution >= 4 is 0 Å². The Balaban J connectivity index is 2.34. The highest BCUT2D eigenvalue weighted by molar-refractivity contribution is 4.82. The van der Waals surface area contributed by atoms with Crippen LogP contribution in [-0.2, 0) is 12.8 Å². The van der Waals surface area contributed by atoms with Crippen molar-refractivity contribution in [1.82, 2.24) is 15.5 Å². The Morgan fingerprint density at radius 2 is 1.92 bits per heavy atom. The molecule has 0 aliphatic rings. The number of unbranched alkanes of at least 4 members (excludes halogenated alkanes) is 1. The third-order valence-corrected chi connectivity index (χ3v) is 1.84. The van der Waals surface area contributed by atoms with Crippen molar-refractivity contribution < 1.29 is 4.42 Å². The van der Waals surface area contributed by atoms with Gasteiger partial charge in [-0.3, -0.25) is 0 Å². The largest absolute Gasteiger partial charge is 0.425 e. The van der Waals surface area contributed by atoms with Gasteiger partial charge in [0.2, 0.25) is 11.8 Å². The van der Waals surface area contributed by atoms with Crippen molar-refractivity contribution in [2.24, 2.45) is 0 Å². The highest BCUT2D eigenvalue weighted by atomic mass is 16.4. The number of hydrogen-bond acceptors (Lipinski definition) is 4. The van der Waals surface area contributed by atoms with Crippen LogP contribution in [0.2, 0.25) is 0 Å². The molecular weight excluding hydrogens is 166 g/mol. The van der Waals surface area contributed by atoms with Crippen molar-refractivity contribution in [2.75, 3.05) is 13.6 Å². The van der Waals surface area contributed by atoms with E-state index < -0.39 is 0 Å². The lowest BCUT2D eigenvalue weighted by molar-refractivity contribution is 0.441. The molecule has 0 aliphatic heterocycles. The second-order valence-electron chi connectivity index (χ2n) is 3.05. The van der Waals surface area contributed by atoms with E-state index in [1.807, 2.05) is 7.05 Å². The van der Waals surface area contributed by atoms with Crippen LogP contribution < -0.4 is 5.32 Å². The van der Waals surface area contributed by atoms with Crippen LogP contribution in [0, 0.1) is 0 Å². The van der Waals surface area contributed by atoms with Crippen molar-refractivity contribution in [3.63, 3.8) is 0 Å². The van der Waals surface area contributed by atoms with Crippen molar-refractivity contribution in [1.29, 1.82) is 0 Å². The Kier molecular flexibility index (Phi) is 4.46. The molecule has 0 saturated carbocycles. The van der Waals surface area contributed by atoms with Crippen LogP contribution in [0.3, 0.4) is 0 Å². The molecule has 0 aliphatic carbocycles. The summed E-state index contributed by atoms with van der Waals surface area (Å²) >= 11 is 0. The zero-order chi connectivity index (χ0) is 9.52. The summed E-state index contributed by atoms with van der Waals surface area (Å²) in [5.74, 6) is 1.51. The first-order valence-corrected chi connectivity index (χ1v) is 4.82. The summed E-state index contributed by atoms with van der Waals surface area (Å²) in [7, 11) is 1.91. The molecule has 1 aromatic rings. The van der Waals surface area contributed by atoms with E-state index >= 15 is 0 Å². The molecule has 74 valence electrons. The minimum atomic E-state index is 0.737. The minimum absolute atomic E-state index is 0.737. The normalized spacial score (nSPS) is 10.6. The van der Waals surface area contributed by atoms with Crippen LogP contribution in [0.4, 0.5) is 0 Å². The van der Waals surface area contributed by atoms with Gasteiger partial charge >= 0.3 is 0 Å². The van der Waals surface area contributed by atoms with Gasteiger partial charge in [-0.05, 0) is 13.5 Å². The van der Waals surface area contributed by atoms with Crippen molar-refractivity contribution in [3.8, 4) is 0 Å². The molecule has 0 unspecified atom stereocenters. The molecule has 0 radical (unpaired) electrons. The maximum Gasteiger partial charge on any atom is 0.217 e. The van der Waals surface area contributed by atoms with Crippen LogP contribution in [-0.4, -0.2) is 23.8 Å². The zero-order valence-electron chi connectivity index (χ0n) is 8.34.